The van der Waals surface area contributed by atoms with Crippen molar-refractivity contribution in [1.82, 2.24) is 0 Å². The first kappa shape index (κ1) is 32.4. The van der Waals surface area contributed by atoms with Crippen LogP contribution in [0.5, 0.6) is 0 Å². The summed E-state index contributed by atoms with van der Waals surface area (Å²) in [6, 6.07) is 4.87. The van der Waals surface area contributed by atoms with Crippen molar-refractivity contribution >= 4 is 13.5 Å². The zero-order chi connectivity index (χ0) is 26.8. The van der Waals surface area contributed by atoms with Crippen molar-refractivity contribution in [2.75, 3.05) is 6.61 Å². The first-order valence-corrected chi connectivity index (χ1v) is 14.7. The minimum atomic E-state index is -4.56. The van der Waals surface area contributed by atoms with Crippen LogP contribution < -0.4 is 5.73 Å². The third-order valence-corrected chi connectivity index (χ3v) is 7.10. The zero-order valence-electron chi connectivity index (χ0n) is 21.8. The van der Waals surface area contributed by atoms with Gasteiger partial charge in [-0.15, -0.1) is 0 Å². The Labute approximate surface area is 215 Å². The molecule has 9 nitrogen and oxygen atoms in total. The lowest BCUT2D eigenvalue weighted by molar-refractivity contribution is -0.386. The van der Waals surface area contributed by atoms with Gasteiger partial charge < -0.3 is 15.7 Å². The van der Waals surface area contributed by atoms with E-state index < -0.39 is 37.6 Å². The SMILES string of the molecule is CCCCCCCCCCCCC/C=C\[C@@H](O)[C@@H](N)COP(=O)(O)O[C@H](C)c1ccccc1[N+](=O)[O-]. The molecule has 0 saturated heterocycles. The Hall–Kier alpha value is -1.61. The molecule has 0 aromatic heterocycles. The third-order valence-electron chi connectivity index (χ3n) is 6.04. The molecule has 4 N–H and O–H groups in total. The molecule has 0 amide bonds. The van der Waals surface area contributed by atoms with Crippen molar-refractivity contribution in [3.8, 4) is 0 Å². The number of allylic oxidation sites excluding steroid dienone is 1. The lowest BCUT2D eigenvalue weighted by Gasteiger charge is -2.20. The summed E-state index contributed by atoms with van der Waals surface area (Å²) in [7, 11) is -4.56. The number of phosphoric ester groups is 1. The van der Waals surface area contributed by atoms with Gasteiger partial charge in [-0.1, -0.05) is 95.4 Å². The van der Waals surface area contributed by atoms with Crippen LogP contribution in [-0.4, -0.2) is 33.7 Å². The van der Waals surface area contributed by atoms with E-state index in [1.54, 1.807) is 12.1 Å². The van der Waals surface area contributed by atoms with Gasteiger partial charge in [0.05, 0.1) is 35.3 Å². The lowest BCUT2D eigenvalue weighted by atomic mass is 10.0. The summed E-state index contributed by atoms with van der Waals surface area (Å²) in [4.78, 5) is 20.6. The molecule has 1 aromatic carbocycles. The van der Waals surface area contributed by atoms with Crippen LogP contribution in [0, 0.1) is 10.1 Å². The Kier molecular flexibility index (Phi) is 16.8. The predicted molar refractivity (Wildman–Crippen MR) is 143 cm³/mol. The van der Waals surface area contributed by atoms with Crippen LogP contribution in [-0.2, 0) is 13.6 Å². The van der Waals surface area contributed by atoms with E-state index >= 15 is 0 Å². The van der Waals surface area contributed by atoms with Gasteiger partial charge in [0.1, 0.15) is 0 Å². The molecule has 1 unspecified atom stereocenters. The third kappa shape index (κ3) is 14.2. The molecule has 1 aromatic rings. The topological polar surface area (TPSA) is 145 Å². The fourth-order valence-electron chi connectivity index (χ4n) is 3.87. The van der Waals surface area contributed by atoms with Crippen molar-refractivity contribution in [3.63, 3.8) is 0 Å². The van der Waals surface area contributed by atoms with Crippen LogP contribution in [0.4, 0.5) is 5.69 Å². The lowest BCUT2D eigenvalue weighted by Crippen LogP contribution is -2.37. The monoisotopic (exact) mass is 528 g/mol. The van der Waals surface area contributed by atoms with Gasteiger partial charge in [-0.05, 0) is 25.8 Å². The number of hydrogen-bond acceptors (Lipinski definition) is 7. The number of nitrogens with two attached hydrogens (primary N) is 1. The first-order valence-electron chi connectivity index (χ1n) is 13.2. The molecule has 36 heavy (non-hydrogen) atoms. The standard InChI is InChI=1S/C26H45N2O7P/c1-3-4-5-6-7-8-9-10-11-12-13-14-15-20-26(29)24(27)21-34-36(32,33)35-22(2)23-18-16-17-19-25(23)28(30)31/h15-20,22,24,26,29H,3-14,21,27H2,1-2H3,(H,32,33)/b20-15-/t22-,24+,26-/m1/s1. The van der Waals surface area contributed by atoms with E-state index in [2.05, 4.69) is 6.92 Å². The number of para-hydroxylation sites is 1. The maximum Gasteiger partial charge on any atom is 0.472 e. The molecular formula is C26H45N2O7P. The van der Waals surface area contributed by atoms with Crippen LogP contribution >= 0.6 is 7.82 Å². The molecule has 0 saturated carbocycles. The molecule has 0 radical (unpaired) electrons. The van der Waals surface area contributed by atoms with Gasteiger partial charge in [-0.25, -0.2) is 4.57 Å². The van der Waals surface area contributed by atoms with Gasteiger partial charge in [0.15, 0.2) is 0 Å². The number of aliphatic hydroxyl groups excluding tert-OH is 1. The molecule has 0 spiro atoms. The second-order valence-corrected chi connectivity index (χ2v) is 10.6. The van der Waals surface area contributed by atoms with Crippen molar-refractivity contribution in [1.29, 1.82) is 0 Å². The molecule has 4 atom stereocenters. The minimum Gasteiger partial charge on any atom is -0.387 e. The van der Waals surface area contributed by atoms with Gasteiger partial charge in [0.25, 0.3) is 5.69 Å². The highest BCUT2D eigenvalue weighted by Gasteiger charge is 2.30. The molecule has 0 fully saturated rings. The number of nitrogens with zero attached hydrogens (tertiary/aromatic N) is 1. The molecule has 0 aliphatic rings. The van der Waals surface area contributed by atoms with Crippen molar-refractivity contribution < 1.29 is 28.5 Å². The number of nitro benzene ring substituents is 1. The minimum absolute atomic E-state index is 0.148. The summed E-state index contributed by atoms with van der Waals surface area (Å²) in [5.41, 5.74) is 5.80. The van der Waals surface area contributed by atoms with Gasteiger partial charge in [0, 0.05) is 6.07 Å². The van der Waals surface area contributed by atoms with Crippen LogP contribution in [0.25, 0.3) is 0 Å². The van der Waals surface area contributed by atoms with Crippen LogP contribution in [0.2, 0.25) is 0 Å². The Morgan fingerprint density at radius 1 is 1.06 bits per heavy atom. The Balaban J connectivity index is 2.24. The highest BCUT2D eigenvalue weighted by atomic mass is 31.2. The zero-order valence-corrected chi connectivity index (χ0v) is 22.7. The normalized spacial score (nSPS) is 16.0. The summed E-state index contributed by atoms with van der Waals surface area (Å²) in [5.74, 6) is 0. The van der Waals surface area contributed by atoms with Gasteiger partial charge in [-0.3, -0.25) is 19.2 Å². The van der Waals surface area contributed by atoms with E-state index in [9.17, 15) is 24.7 Å². The number of benzene rings is 1. The summed E-state index contributed by atoms with van der Waals surface area (Å²) in [6.07, 6.45) is 16.2. The van der Waals surface area contributed by atoms with Crippen LogP contribution in [0.1, 0.15) is 103 Å². The van der Waals surface area contributed by atoms with E-state index in [4.69, 9.17) is 14.8 Å². The molecular weight excluding hydrogens is 483 g/mol. The van der Waals surface area contributed by atoms with Crippen molar-refractivity contribution in [2.24, 2.45) is 5.73 Å². The molecule has 206 valence electrons. The van der Waals surface area contributed by atoms with E-state index in [-0.39, 0.29) is 11.3 Å². The fourth-order valence-corrected chi connectivity index (χ4v) is 4.80. The first-order chi connectivity index (χ1) is 17.2. The van der Waals surface area contributed by atoms with Gasteiger partial charge >= 0.3 is 7.82 Å². The van der Waals surface area contributed by atoms with Crippen LogP contribution in [0.3, 0.4) is 0 Å². The fraction of sp³-hybridized carbons (Fsp3) is 0.692. The van der Waals surface area contributed by atoms with Crippen molar-refractivity contribution in [2.45, 2.75) is 109 Å². The van der Waals surface area contributed by atoms with Gasteiger partial charge in [0.2, 0.25) is 0 Å². The van der Waals surface area contributed by atoms with E-state index in [1.807, 2.05) is 6.08 Å². The van der Waals surface area contributed by atoms with Crippen molar-refractivity contribution in [3.05, 3.63) is 52.1 Å². The largest absolute Gasteiger partial charge is 0.472 e. The maximum atomic E-state index is 12.3. The molecule has 1 rings (SSSR count). The summed E-state index contributed by atoms with van der Waals surface area (Å²) in [6.45, 7) is 3.24. The molecule has 0 heterocycles. The average Bonchev–Trinajstić information content (AvgIpc) is 2.84. The summed E-state index contributed by atoms with van der Waals surface area (Å²) in [5, 5.41) is 21.3. The molecule has 0 bridgehead atoms. The average molecular weight is 529 g/mol. The maximum absolute atomic E-state index is 12.3. The number of aliphatic hydroxyl groups is 1. The second-order valence-electron chi connectivity index (χ2n) is 9.23. The number of nitro groups is 1. The smallest absolute Gasteiger partial charge is 0.387 e. The summed E-state index contributed by atoms with van der Waals surface area (Å²) < 4.78 is 22.3. The number of phosphoric acid groups is 1. The number of rotatable bonds is 21. The van der Waals surface area contributed by atoms with E-state index in [0.717, 1.165) is 19.3 Å². The highest BCUT2D eigenvalue weighted by Crippen LogP contribution is 2.48. The Morgan fingerprint density at radius 3 is 2.19 bits per heavy atom. The van der Waals surface area contributed by atoms with E-state index in [0.29, 0.717) is 0 Å². The summed E-state index contributed by atoms with van der Waals surface area (Å²) >= 11 is 0. The molecule has 10 heteroatoms. The predicted octanol–water partition coefficient (Wildman–Crippen LogP) is 6.73. The second kappa shape index (κ2) is 18.6. The van der Waals surface area contributed by atoms with Crippen LogP contribution in [0.15, 0.2) is 36.4 Å². The molecule has 0 aliphatic heterocycles. The quantitative estimate of drug-likeness (QED) is 0.0523. The van der Waals surface area contributed by atoms with E-state index in [1.165, 1.54) is 82.9 Å². The Bertz CT molecular complexity index is 821. The molecule has 0 aliphatic carbocycles. The number of hydrogen-bond donors (Lipinski definition) is 3. The highest BCUT2D eigenvalue weighted by molar-refractivity contribution is 7.47. The van der Waals surface area contributed by atoms with Gasteiger partial charge in [-0.2, -0.15) is 0 Å². The number of unbranched alkanes of at least 4 members (excludes halogenated alkanes) is 11. The Morgan fingerprint density at radius 2 is 1.61 bits per heavy atom.